The van der Waals surface area contributed by atoms with Crippen LogP contribution < -0.4 is 18.9 Å². The monoisotopic (exact) mass is 195 g/mol. The second-order valence-electron chi connectivity index (χ2n) is 4.25. The van der Waals surface area contributed by atoms with Crippen LogP contribution in [0.3, 0.4) is 0 Å². The van der Waals surface area contributed by atoms with Crippen LogP contribution in [0.25, 0.3) is 0 Å². The molecule has 1 aliphatic heterocycles. The van der Waals surface area contributed by atoms with Gasteiger partial charge in [0.15, 0.2) is 0 Å². The number of aliphatic imine (C=N–C) groups is 1. The Bertz CT molecular complexity index is 385. The molecule has 0 saturated carbocycles. The van der Waals surface area contributed by atoms with Crippen LogP contribution in [0.2, 0.25) is 0 Å². The van der Waals surface area contributed by atoms with Crippen molar-refractivity contribution in [2.75, 3.05) is 6.61 Å². The maximum Gasteiger partial charge on any atom is 1.00 e. The number of hydrogen-bond donors (Lipinski definition) is 0. The van der Waals surface area contributed by atoms with Gasteiger partial charge in [0, 0.05) is 0 Å². The molecule has 0 aliphatic carbocycles. The van der Waals surface area contributed by atoms with Gasteiger partial charge < -0.3 is 4.74 Å². The van der Waals surface area contributed by atoms with Gasteiger partial charge in [0.2, 0.25) is 0 Å². The van der Waals surface area contributed by atoms with Gasteiger partial charge in [0.05, 0.1) is 5.54 Å². The van der Waals surface area contributed by atoms with Gasteiger partial charge in [0.1, 0.15) is 12.5 Å². The first-order valence-electron chi connectivity index (χ1n) is 4.79. The molecule has 74 valence electrons. The number of aryl methyl sites for hydroxylation is 1. The molecule has 1 aliphatic rings. The first-order chi connectivity index (χ1) is 6.58. The smallest absolute Gasteiger partial charge is 0.518 e. The van der Waals surface area contributed by atoms with Gasteiger partial charge in [0.25, 0.3) is 0 Å². The topological polar surface area (TPSA) is 21.6 Å². The fourth-order valence-electron chi connectivity index (χ4n) is 1.46. The van der Waals surface area contributed by atoms with E-state index in [9.17, 15) is 0 Å². The van der Waals surface area contributed by atoms with Crippen molar-refractivity contribution in [1.29, 1.82) is 0 Å². The third kappa shape index (κ3) is 2.65. The molecule has 15 heavy (non-hydrogen) atoms. The summed E-state index contributed by atoms with van der Waals surface area (Å²) in [7, 11) is 0. The summed E-state index contributed by atoms with van der Waals surface area (Å²) >= 11 is 0. The first-order valence-corrected chi connectivity index (χ1v) is 4.79. The molecule has 0 radical (unpaired) electrons. The summed E-state index contributed by atoms with van der Waals surface area (Å²) in [4.78, 5) is 4.51. The fraction of sp³-hybridized carbons (Fsp3) is 0.417. The minimum absolute atomic E-state index is 0. The first kappa shape index (κ1) is 12.4. The van der Waals surface area contributed by atoms with Crippen molar-refractivity contribution in [3.05, 3.63) is 35.4 Å². The Hall–Kier alpha value is -0.713. The number of rotatable bonds is 1. The predicted octanol–water partition coefficient (Wildman–Crippen LogP) is -0.645. The van der Waals surface area contributed by atoms with Gasteiger partial charge in [-0.1, -0.05) is 12.5 Å². The van der Waals surface area contributed by atoms with E-state index in [0.29, 0.717) is 6.61 Å². The molecule has 1 aromatic carbocycles. The molecule has 0 N–H and O–H groups in total. The number of benzene rings is 1. The molecular formula is C12H14LiNO. The Kier molecular flexibility index (Phi) is 3.65. The van der Waals surface area contributed by atoms with Gasteiger partial charge in [-0.3, -0.25) is 4.99 Å². The van der Waals surface area contributed by atoms with E-state index < -0.39 is 0 Å². The fourth-order valence-corrected chi connectivity index (χ4v) is 1.46. The van der Waals surface area contributed by atoms with Crippen LogP contribution >= 0.6 is 0 Å². The average Bonchev–Trinajstić information content (AvgIpc) is 2.47. The SMILES string of the molecule is Cc1ccc[c-]c1C1=NC(C)(C)CO1.[Li+]. The summed E-state index contributed by atoms with van der Waals surface area (Å²) in [5.74, 6) is 0.730. The molecule has 0 spiro atoms. The maximum absolute atomic E-state index is 5.55. The summed E-state index contributed by atoms with van der Waals surface area (Å²) in [5, 5.41) is 0. The molecule has 2 rings (SSSR count). The Balaban J connectivity index is 0.00000112. The minimum atomic E-state index is -0.0918. The Morgan fingerprint density at radius 3 is 2.73 bits per heavy atom. The van der Waals surface area contributed by atoms with E-state index in [1.165, 1.54) is 0 Å². The zero-order chi connectivity index (χ0) is 10.2. The van der Waals surface area contributed by atoms with Crippen molar-refractivity contribution >= 4 is 5.90 Å². The van der Waals surface area contributed by atoms with E-state index in [1.54, 1.807) is 0 Å². The largest absolute Gasteiger partial charge is 1.00 e. The summed E-state index contributed by atoms with van der Waals surface area (Å²) in [6.45, 7) is 6.84. The quantitative estimate of drug-likeness (QED) is 0.431. The van der Waals surface area contributed by atoms with Crippen molar-refractivity contribution in [3.63, 3.8) is 0 Å². The van der Waals surface area contributed by atoms with Gasteiger partial charge in [-0.25, -0.2) is 0 Å². The Labute approximate surface area is 103 Å². The van der Waals surface area contributed by atoms with E-state index in [1.807, 2.05) is 25.1 Å². The molecule has 0 atom stereocenters. The molecule has 3 heteroatoms. The maximum atomic E-state index is 5.55. The minimum Gasteiger partial charge on any atom is -0.518 e. The molecule has 1 aromatic rings. The summed E-state index contributed by atoms with van der Waals surface area (Å²) in [6.07, 6.45) is 0. The van der Waals surface area contributed by atoms with Crippen molar-refractivity contribution in [1.82, 2.24) is 0 Å². The van der Waals surface area contributed by atoms with Gasteiger partial charge in [-0.2, -0.15) is 0 Å². The average molecular weight is 195 g/mol. The molecule has 0 amide bonds. The molecule has 1 heterocycles. The normalized spacial score (nSPS) is 17.7. The molecule has 2 nitrogen and oxygen atoms in total. The van der Waals surface area contributed by atoms with Crippen molar-refractivity contribution in [3.8, 4) is 0 Å². The van der Waals surface area contributed by atoms with Crippen LogP contribution in [0.15, 0.2) is 23.2 Å². The molecule has 0 aromatic heterocycles. The van der Waals surface area contributed by atoms with E-state index in [-0.39, 0.29) is 24.4 Å². The van der Waals surface area contributed by atoms with E-state index in [4.69, 9.17) is 4.74 Å². The third-order valence-electron chi connectivity index (χ3n) is 2.24. The Morgan fingerprint density at radius 1 is 1.47 bits per heavy atom. The van der Waals surface area contributed by atoms with Gasteiger partial charge in [-0.05, 0) is 13.8 Å². The second-order valence-corrected chi connectivity index (χ2v) is 4.25. The summed E-state index contributed by atoms with van der Waals surface area (Å²) < 4.78 is 5.55. The van der Waals surface area contributed by atoms with Crippen LogP contribution in [-0.2, 0) is 4.74 Å². The summed E-state index contributed by atoms with van der Waals surface area (Å²) in [6, 6.07) is 9.07. The second kappa shape index (κ2) is 4.43. The van der Waals surface area contributed by atoms with E-state index in [0.717, 1.165) is 17.0 Å². The zero-order valence-electron chi connectivity index (χ0n) is 9.79. The zero-order valence-corrected chi connectivity index (χ0v) is 9.79. The van der Waals surface area contributed by atoms with Crippen LogP contribution in [0.4, 0.5) is 0 Å². The van der Waals surface area contributed by atoms with Crippen LogP contribution in [0.1, 0.15) is 25.0 Å². The molecule has 0 fully saturated rings. The number of hydrogen-bond acceptors (Lipinski definition) is 2. The Morgan fingerprint density at radius 2 is 2.20 bits per heavy atom. The van der Waals surface area contributed by atoms with E-state index in [2.05, 4.69) is 24.9 Å². The standard InChI is InChI=1S/C12H14NO.Li/c1-9-6-4-5-7-10(9)11-13-12(2,3)8-14-11;/h4-6H,8H2,1-3H3;/q-1;+1. The molecule has 0 unspecified atom stereocenters. The predicted molar refractivity (Wildman–Crippen MR) is 56.6 cm³/mol. The van der Waals surface area contributed by atoms with Crippen LogP contribution in [0, 0.1) is 13.0 Å². The van der Waals surface area contributed by atoms with Crippen molar-refractivity contribution < 1.29 is 23.6 Å². The van der Waals surface area contributed by atoms with E-state index >= 15 is 0 Å². The molecular weight excluding hydrogens is 181 g/mol. The number of ether oxygens (including phenoxy) is 1. The summed E-state index contributed by atoms with van der Waals surface area (Å²) in [5.41, 5.74) is 2.05. The van der Waals surface area contributed by atoms with Gasteiger partial charge in [-0.15, -0.1) is 29.8 Å². The third-order valence-corrected chi connectivity index (χ3v) is 2.24. The van der Waals surface area contributed by atoms with Crippen molar-refractivity contribution in [2.24, 2.45) is 4.99 Å². The van der Waals surface area contributed by atoms with Crippen LogP contribution in [-0.4, -0.2) is 18.0 Å². The van der Waals surface area contributed by atoms with Crippen LogP contribution in [0.5, 0.6) is 0 Å². The molecule has 0 bridgehead atoms. The van der Waals surface area contributed by atoms with Gasteiger partial charge >= 0.3 is 18.9 Å². The number of nitrogens with zero attached hydrogens (tertiary/aromatic N) is 1. The molecule has 0 saturated heterocycles. The van der Waals surface area contributed by atoms with Crippen molar-refractivity contribution in [2.45, 2.75) is 26.3 Å².